The van der Waals surface area contributed by atoms with Crippen LogP contribution in [0, 0.1) is 0 Å². The highest BCUT2D eigenvalue weighted by atomic mass is 32.1. The van der Waals surface area contributed by atoms with Crippen LogP contribution in [0.25, 0.3) is 0 Å². The van der Waals surface area contributed by atoms with Crippen molar-refractivity contribution in [2.45, 2.75) is 13.3 Å². The summed E-state index contributed by atoms with van der Waals surface area (Å²) in [7, 11) is 0. The lowest BCUT2D eigenvalue weighted by atomic mass is 10.5. The van der Waals surface area contributed by atoms with E-state index in [9.17, 15) is 0 Å². The van der Waals surface area contributed by atoms with Crippen molar-refractivity contribution in [3.05, 3.63) is 10.4 Å². The van der Waals surface area contributed by atoms with E-state index in [-0.39, 0.29) is 0 Å². The summed E-state index contributed by atoms with van der Waals surface area (Å²) in [4.78, 5) is 7.88. The van der Waals surface area contributed by atoms with Gasteiger partial charge in [-0.2, -0.15) is 4.99 Å². The molecule has 0 atom stereocenters. The lowest BCUT2D eigenvalue weighted by Gasteiger charge is -1.79. The van der Waals surface area contributed by atoms with Gasteiger partial charge in [-0.1, -0.05) is 6.92 Å². The van der Waals surface area contributed by atoms with Crippen molar-refractivity contribution in [3.63, 3.8) is 0 Å². The Bertz CT molecular complexity index is 260. The molecular weight excluding hydrogens is 164 g/mol. The van der Waals surface area contributed by atoms with Crippen LogP contribution in [0.3, 0.4) is 0 Å². The molecule has 1 heterocycles. The lowest BCUT2D eigenvalue weighted by molar-refractivity contribution is 1.09. The van der Waals surface area contributed by atoms with E-state index in [2.05, 4.69) is 34.3 Å². The molecule has 52 valence electrons. The maximum Gasteiger partial charge on any atom is 0.173 e. The van der Waals surface area contributed by atoms with Crippen molar-refractivity contribution in [1.29, 1.82) is 0 Å². The number of rotatable bonds is 2. The summed E-state index contributed by atoms with van der Waals surface area (Å²) in [6.07, 6.45) is 0.956. The molecule has 0 spiro atoms. The standard InChI is InChI=1S/C6H6N2S2/c1-2-6-8-5(3-10-6)7-4-9/h3H,2H2,1H3. The normalized spacial score (nSPS) is 8.90. The molecule has 0 fully saturated rings. The number of isothiocyanates is 1. The van der Waals surface area contributed by atoms with E-state index in [1.54, 1.807) is 11.3 Å². The second-order valence-corrected chi connectivity index (χ2v) is 2.78. The second kappa shape index (κ2) is 3.56. The highest BCUT2D eigenvalue weighted by Gasteiger charge is 1.95. The largest absolute Gasteiger partial charge is 0.221 e. The first-order valence-corrected chi connectivity index (χ1v) is 4.18. The van der Waals surface area contributed by atoms with E-state index in [0.717, 1.165) is 11.4 Å². The van der Waals surface area contributed by atoms with E-state index in [0.29, 0.717) is 5.82 Å². The second-order valence-electron chi connectivity index (χ2n) is 1.66. The maximum atomic E-state index is 4.43. The highest BCUT2D eigenvalue weighted by molar-refractivity contribution is 7.78. The third-order valence-electron chi connectivity index (χ3n) is 1.00. The van der Waals surface area contributed by atoms with Crippen LogP contribution in [0.15, 0.2) is 10.4 Å². The smallest absolute Gasteiger partial charge is 0.173 e. The molecule has 0 amide bonds. The van der Waals surface area contributed by atoms with Gasteiger partial charge in [-0.05, 0) is 18.6 Å². The summed E-state index contributed by atoms with van der Waals surface area (Å²) < 4.78 is 0. The zero-order valence-corrected chi connectivity index (χ0v) is 7.13. The van der Waals surface area contributed by atoms with Gasteiger partial charge in [0.25, 0.3) is 0 Å². The van der Waals surface area contributed by atoms with Gasteiger partial charge in [0.2, 0.25) is 0 Å². The molecule has 0 saturated heterocycles. The van der Waals surface area contributed by atoms with Gasteiger partial charge in [0.1, 0.15) is 0 Å². The lowest BCUT2D eigenvalue weighted by Crippen LogP contribution is -1.72. The number of thiazole rings is 1. The van der Waals surface area contributed by atoms with Crippen LogP contribution < -0.4 is 0 Å². The predicted molar refractivity (Wildman–Crippen MR) is 46.2 cm³/mol. The van der Waals surface area contributed by atoms with Crippen LogP contribution in [0.5, 0.6) is 0 Å². The van der Waals surface area contributed by atoms with E-state index in [1.165, 1.54) is 0 Å². The molecule has 10 heavy (non-hydrogen) atoms. The zero-order chi connectivity index (χ0) is 7.40. The van der Waals surface area contributed by atoms with Crippen LogP contribution in [-0.4, -0.2) is 10.1 Å². The van der Waals surface area contributed by atoms with Crippen molar-refractivity contribution in [1.82, 2.24) is 4.98 Å². The molecule has 0 aliphatic heterocycles. The molecule has 0 aliphatic rings. The van der Waals surface area contributed by atoms with Gasteiger partial charge in [-0.3, -0.25) is 0 Å². The Morgan fingerprint density at radius 1 is 1.90 bits per heavy atom. The topological polar surface area (TPSA) is 25.2 Å². The molecular formula is C6H6N2S2. The molecule has 1 rings (SSSR count). The number of aliphatic imine (C=N–C) groups is 1. The monoisotopic (exact) mass is 170 g/mol. The number of thiocarbonyl (C=S) groups is 1. The summed E-state index contributed by atoms with van der Waals surface area (Å²) >= 11 is 6.03. The molecule has 0 bridgehead atoms. The Morgan fingerprint density at radius 3 is 3.20 bits per heavy atom. The van der Waals surface area contributed by atoms with Crippen molar-refractivity contribution >= 4 is 34.5 Å². The first-order chi connectivity index (χ1) is 4.86. The van der Waals surface area contributed by atoms with Crippen LogP contribution in [0.4, 0.5) is 5.82 Å². The Morgan fingerprint density at radius 2 is 2.70 bits per heavy atom. The minimum Gasteiger partial charge on any atom is -0.221 e. The number of hydrogen-bond acceptors (Lipinski definition) is 4. The maximum absolute atomic E-state index is 4.43. The molecule has 0 aromatic carbocycles. The minimum atomic E-state index is 0.678. The average molecular weight is 170 g/mol. The summed E-state index contributed by atoms with van der Waals surface area (Å²) in [5.74, 6) is 0.678. The number of aromatic nitrogens is 1. The van der Waals surface area contributed by atoms with Crippen molar-refractivity contribution in [3.8, 4) is 0 Å². The van der Waals surface area contributed by atoms with E-state index < -0.39 is 0 Å². The molecule has 0 saturated carbocycles. The zero-order valence-electron chi connectivity index (χ0n) is 5.50. The summed E-state index contributed by atoms with van der Waals surface area (Å²) in [6.45, 7) is 2.06. The van der Waals surface area contributed by atoms with Gasteiger partial charge < -0.3 is 0 Å². The molecule has 0 N–H and O–H groups in total. The van der Waals surface area contributed by atoms with Gasteiger partial charge >= 0.3 is 0 Å². The Balaban J connectivity index is 2.87. The Labute approximate surface area is 68.6 Å². The number of hydrogen-bond donors (Lipinski definition) is 0. The van der Waals surface area contributed by atoms with Crippen LogP contribution >= 0.6 is 23.6 Å². The van der Waals surface area contributed by atoms with E-state index >= 15 is 0 Å². The molecule has 2 nitrogen and oxygen atoms in total. The first-order valence-electron chi connectivity index (χ1n) is 2.89. The van der Waals surface area contributed by atoms with Crippen LogP contribution in [0.2, 0.25) is 0 Å². The molecule has 1 aromatic heterocycles. The molecule has 1 aromatic rings. The molecule has 0 radical (unpaired) electrons. The van der Waals surface area contributed by atoms with Gasteiger partial charge in [0.15, 0.2) is 5.82 Å². The van der Waals surface area contributed by atoms with Gasteiger partial charge in [0.05, 0.1) is 10.2 Å². The number of nitrogens with zero attached hydrogens (tertiary/aromatic N) is 2. The first kappa shape index (κ1) is 7.54. The minimum absolute atomic E-state index is 0.678. The van der Waals surface area contributed by atoms with Crippen molar-refractivity contribution in [2.24, 2.45) is 4.99 Å². The fraction of sp³-hybridized carbons (Fsp3) is 0.333. The van der Waals surface area contributed by atoms with Crippen molar-refractivity contribution in [2.75, 3.05) is 0 Å². The van der Waals surface area contributed by atoms with Crippen molar-refractivity contribution < 1.29 is 0 Å². The highest BCUT2D eigenvalue weighted by Crippen LogP contribution is 2.16. The third-order valence-corrected chi connectivity index (χ3v) is 2.07. The summed E-state index contributed by atoms with van der Waals surface area (Å²) in [5.41, 5.74) is 0. The van der Waals surface area contributed by atoms with E-state index in [4.69, 9.17) is 0 Å². The van der Waals surface area contributed by atoms with Crippen LogP contribution in [0.1, 0.15) is 11.9 Å². The average Bonchev–Trinajstić information content (AvgIpc) is 2.37. The fourth-order valence-corrected chi connectivity index (χ4v) is 1.31. The Kier molecular flexibility index (Phi) is 2.68. The van der Waals surface area contributed by atoms with Gasteiger partial charge in [-0.25, -0.2) is 4.98 Å². The fourth-order valence-electron chi connectivity index (χ4n) is 0.562. The van der Waals surface area contributed by atoms with E-state index in [1.807, 2.05) is 5.38 Å². The summed E-state index contributed by atoms with van der Waals surface area (Å²) in [6, 6.07) is 0. The predicted octanol–water partition coefficient (Wildman–Crippen LogP) is 2.44. The van der Waals surface area contributed by atoms with Crippen LogP contribution in [-0.2, 0) is 6.42 Å². The van der Waals surface area contributed by atoms with Gasteiger partial charge in [-0.15, -0.1) is 11.3 Å². The SMILES string of the molecule is CCc1nc(N=C=S)cs1. The quantitative estimate of drug-likeness (QED) is 0.503. The van der Waals surface area contributed by atoms with Gasteiger partial charge in [0, 0.05) is 5.38 Å². The molecule has 0 unspecified atom stereocenters. The summed E-state index contributed by atoms with van der Waals surface area (Å²) in [5, 5.41) is 5.23. The number of aryl methyl sites for hydroxylation is 1. The molecule has 0 aliphatic carbocycles. The Hall–Kier alpha value is -0.570. The molecule has 4 heteroatoms. The third kappa shape index (κ3) is 1.70.